The average molecular weight is 172 g/mol. The van der Waals surface area contributed by atoms with Crippen LogP contribution in [0.2, 0.25) is 0 Å². The summed E-state index contributed by atoms with van der Waals surface area (Å²) in [7, 11) is 0. The quantitative estimate of drug-likeness (QED) is 0.414. The lowest BCUT2D eigenvalue weighted by Gasteiger charge is -1.99. The van der Waals surface area contributed by atoms with Crippen molar-refractivity contribution < 1.29 is 9.47 Å². The zero-order valence-corrected chi connectivity index (χ0v) is 8.21. The summed E-state index contributed by atoms with van der Waals surface area (Å²) in [4.78, 5) is 0. The molecule has 0 aliphatic rings. The molecule has 0 bridgehead atoms. The molecule has 0 heterocycles. The Bertz CT molecular complexity index is 88.0. The SMILES string of the molecule is CCCCO/C=C\OCCCC. The van der Waals surface area contributed by atoms with Crippen molar-refractivity contribution in [2.24, 2.45) is 0 Å². The summed E-state index contributed by atoms with van der Waals surface area (Å²) in [5.41, 5.74) is 0. The molecular formula is C10H20O2. The Morgan fingerprint density at radius 2 is 1.25 bits per heavy atom. The Kier molecular flexibility index (Phi) is 9.77. The van der Waals surface area contributed by atoms with Gasteiger partial charge in [0, 0.05) is 0 Å². The van der Waals surface area contributed by atoms with Crippen LogP contribution < -0.4 is 0 Å². The van der Waals surface area contributed by atoms with Gasteiger partial charge in [0.2, 0.25) is 0 Å². The molecule has 0 amide bonds. The van der Waals surface area contributed by atoms with E-state index < -0.39 is 0 Å². The largest absolute Gasteiger partial charge is 0.498 e. The van der Waals surface area contributed by atoms with E-state index in [-0.39, 0.29) is 0 Å². The monoisotopic (exact) mass is 172 g/mol. The van der Waals surface area contributed by atoms with Crippen molar-refractivity contribution in [3.8, 4) is 0 Å². The van der Waals surface area contributed by atoms with Gasteiger partial charge >= 0.3 is 0 Å². The van der Waals surface area contributed by atoms with Crippen LogP contribution in [-0.2, 0) is 9.47 Å². The molecule has 12 heavy (non-hydrogen) atoms. The van der Waals surface area contributed by atoms with Gasteiger partial charge in [-0.1, -0.05) is 26.7 Å². The first-order valence-corrected chi connectivity index (χ1v) is 4.80. The highest BCUT2D eigenvalue weighted by atomic mass is 16.5. The van der Waals surface area contributed by atoms with Gasteiger partial charge in [-0.25, -0.2) is 0 Å². The lowest BCUT2D eigenvalue weighted by molar-refractivity contribution is 0.199. The van der Waals surface area contributed by atoms with E-state index >= 15 is 0 Å². The summed E-state index contributed by atoms with van der Waals surface area (Å²) in [6, 6.07) is 0. The molecule has 72 valence electrons. The summed E-state index contributed by atoms with van der Waals surface area (Å²) < 4.78 is 10.3. The van der Waals surface area contributed by atoms with Gasteiger partial charge in [0.15, 0.2) is 0 Å². The van der Waals surface area contributed by atoms with Gasteiger partial charge in [0.05, 0.1) is 13.2 Å². The van der Waals surface area contributed by atoms with Crippen molar-refractivity contribution in [3.05, 3.63) is 12.5 Å². The van der Waals surface area contributed by atoms with Crippen LogP contribution in [-0.4, -0.2) is 13.2 Å². The average Bonchev–Trinajstić information content (AvgIpc) is 2.10. The van der Waals surface area contributed by atoms with Gasteiger partial charge in [-0.3, -0.25) is 0 Å². The smallest absolute Gasteiger partial charge is 0.117 e. The van der Waals surface area contributed by atoms with E-state index in [4.69, 9.17) is 9.47 Å². The van der Waals surface area contributed by atoms with E-state index in [2.05, 4.69) is 13.8 Å². The van der Waals surface area contributed by atoms with Crippen LogP contribution >= 0.6 is 0 Å². The number of hydrogen-bond acceptors (Lipinski definition) is 2. The van der Waals surface area contributed by atoms with Gasteiger partial charge in [-0.2, -0.15) is 0 Å². The molecule has 2 heteroatoms. The number of ether oxygens (including phenoxy) is 2. The van der Waals surface area contributed by atoms with Crippen molar-refractivity contribution in [2.45, 2.75) is 39.5 Å². The zero-order chi connectivity index (χ0) is 9.07. The Balaban J connectivity index is 2.93. The molecule has 0 aromatic heterocycles. The third-order valence-electron chi connectivity index (χ3n) is 1.48. The minimum atomic E-state index is 0.796. The zero-order valence-electron chi connectivity index (χ0n) is 8.21. The number of rotatable bonds is 8. The first kappa shape index (κ1) is 11.3. The van der Waals surface area contributed by atoms with Gasteiger partial charge in [0.1, 0.15) is 12.5 Å². The maximum Gasteiger partial charge on any atom is 0.117 e. The Morgan fingerprint density at radius 3 is 1.58 bits per heavy atom. The van der Waals surface area contributed by atoms with Gasteiger partial charge in [-0.15, -0.1) is 0 Å². The van der Waals surface area contributed by atoms with E-state index in [1.54, 1.807) is 12.5 Å². The molecule has 0 saturated carbocycles. The normalized spacial score (nSPS) is 10.5. The Hall–Kier alpha value is -0.660. The highest BCUT2D eigenvalue weighted by molar-refractivity contribution is 4.60. The lowest BCUT2D eigenvalue weighted by atomic mass is 10.4. The fraction of sp³-hybridized carbons (Fsp3) is 0.800. The van der Waals surface area contributed by atoms with Crippen molar-refractivity contribution in [2.75, 3.05) is 13.2 Å². The van der Waals surface area contributed by atoms with Crippen LogP contribution in [0.15, 0.2) is 12.5 Å². The topological polar surface area (TPSA) is 18.5 Å². The van der Waals surface area contributed by atoms with Crippen molar-refractivity contribution in [3.63, 3.8) is 0 Å². The molecule has 0 radical (unpaired) electrons. The second kappa shape index (κ2) is 10.3. The predicted octanol–water partition coefficient (Wildman–Crippen LogP) is 3.09. The standard InChI is InChI=1S/C10H20O2/c1-3-5-7-11-9-10-12-8-6-4-2/h9-10H,3-8H2,1-2H3/b10-9-. The summed E-state index contributed by atoms with van der Waals surface area (Å²) >= 11 is 0. The Morgan fingerprint density at radius 1 is 0.833 bits per heavy atom. The van der Waals surface area contributed by atoms with Crippen LogP contribution in [0.1, 0.15) is 39.5 Å². The van der Waals surface area contributed by atoms with Crippen LogP contribution in [0.3, 0.4) is 0 Å². The second-order valence-corrected chi connectivity index (χ2v) is 2.72. The molecule has 0 unspecified atom stereocenters. The van der Waals surface area contributed by atoms with Crippen molar-refractivity contribution in [1.82, 2.24) is 0 Å². The molecule has 2 nitrogen and oxygen atoms in total. The van der Waals surface area contributed by atoms with E-state index in [0.717, 1.165) is 26.1 Å². The second-order valence-electron chi connectivity index (χ2n) is 2.72. The highest BCUT2D eigenvalue weighted by Crippen LogP contribution is 1.91. The van der Waals surface area contributed by atoms with Crippen LogP contribution in [0, 0.1) is 0 Å². The fourth-order valence-corrected chi connectivity index (χ4v) is 0.670. The number of unbranched alkanes of at least 4 members (excludes halogenated alkanes) is 2. The summed E-state index contributed by atoms with van der Waals surface area (Å²) in [5.74, 6) is 0. The van der Waals surface area contributed by atoms with Crippen molar-refractivity contribution >= 4 is 0 Å². The predicted molar refractivity (Wildman–Crippen MR) is 50.9 cm³/mol. The number of hydrogen-bond donors (Lipinski definition) is 0. The molecule has 0 saturated heterocycles. The molecule has 0 fully saturated rings. The van der Waals surface area contributed by atoms with Gasteiger partial charge < -0.3 is 9.47 Å². The molecule has 0 aliphatic carbocycles. The third-order valence-corrected chi connectivity index (χ3v) is 1.48. The van der Waals surface area contributed by atoms with Crippen LogP contribution in [0.4, 0.5) is 0 Å². The minimum Gasteiger partial charge on any atom is -0.498 e. The van der Waals surface area contributed by atoms with E-state index in [1.165, 1.54) is 12.8 Å². The first-order valence-electron chi connectivity index (χ1n) is 4.80. The summed E-state index contributed by atoms with van der Waals surface area (Å²) in [5, 5.41) is 0. The van der Waals surface area contributed by atoms with Crippen LogP contribution in [0.25, 0.3) is 0 Å². The maximum atomic E-state index is 5.15. The minimum absolute atomic E-state index is 0.796. The maximum absolute atomic E-state index is 5.15. The fourth-order valence-electron chi connectivity index (χ4n) is 0.670. The molecule has 0 aromatic rings. The van der Waals surface area contributed by atoms with Gasteiger partial charge in [0.25, 0.3) is 0 Å². The Labute approximate surface area is 75.6 Å². The lowest BCUT2D eigenvalue weighted by Crippen LogP contribution is -1.88. The molecule has 0 aromatic carbocycles. The highest BCUT2D eigenvalue weighted by Gasteiger charge is 1.81. The summed E-state index contributed by atoms with van der Waals surface area (Å²) in [6.07, 6.45) is 7.82. The molecule has 0 spiro atoms. The van der Waals surface area contributed by atoms with Gasteiger partial charge in [-0.05, 0) is 12.8 Å². The molecule has 0 aliphatic heterocycles. The molecule has 0 rings (SSSR count). The van der Waals surface area contributed by atoms with Crippen molar-refractivity contribution in [1.29, 1.82) is 0 Å². The molecular weight excluding hydrogens is 152 g/mol. The molecule has 0 atom stereocenters. The summed E-state index contributed by atoms with van der Waals surface area (Å²) in [6.45, 7) is 5.88. The van der Waals surface area contributed by atoms with E-state index in [1.807, 2.05) is 0 Å². The van der Waals surface area contributed by atoms with E-state index in [0.29, 0.717) is 0 Å². The third kappa shape index (κ3) is 9.34. The molecule has 0 N–H and O–H groups in total. The van der Waals surface area contributed by atoms with E-state index in [9.17, 15) is 0 Å². The van der Waals surface area contributed by atoms with Crippen LogP contribution in [0.5, 0.6) is 0 Å². The first-order chi connectivity index (χ1) is 5.91.